The third kappa shape index (κ3) is 4.20. The van der Waals surface area contributed by atoms with Crippen LogP contribution >= 0.6 is 22.6 Å². The molecule has 102 valence electrons. The number of carbonyl (C=O) groups excluding carboxylic acids is 1. The van der Waals surface area contributed by atoms with Crippen molar-refractivity contribution in [1.82, 2.24) is 0 Å². The van der Waals surface area contributed by atoms with Gasteiger partial charge in [0.1, 0.15) is 0 Å². The molecule has 0 aliphatic rings. The Morgan fingerprint density at radius 3 is 2.25 bits per heavy atom. The average molecular weight is 377 g/mol. The van der Waals surface area contributed by atoms with Crippen molar-refractivity contribution in [3.63, 3.8) is 0 Å². The fourth-order valence-corrected chi connectivity index (χ4v) is 2.15. The molecule has 0 heterocycles. The zero-order valence-corrected chi connectivity index (χ0v) is 13.6. The molecule has 2 aromatic carbocycles. The summed E-state index contributed by atoms with van der Waals surface area (Å²) in [6.07, 6.45) is 1.63. The van der Waals surface area contributed by atoms with E-state index >= 15 is 0 Å². The zero-order valence-electron chi connectivity index (χ0n) is 11.5. The minimum Gasteiger partial charge on any atom is -0.359 e. The molecule has 2 nitrogen and oxygen atoms in total. The Labute approximate surface area is 133 Å². The Bertz CT molecular complexity index is 627. The second-order valence-corrected chi connectivity index (χ2v) is 5.94. The van der Waals surface area contributed by atoms with E-state index in [0.717, 1.165) is 16.9 Å². The van der Waals surface area contributed by atoms with E-state index in [9.17, 15) is 4.79 Å². The Balaban J connectivity index is 2.07. The number of carbonyl (C=O) groups is 1. The minimum atomic E-state index is 0.0144. The smallest absolute Gasteiger partial charge is 0.187 e. The molecule has 0 spiro atoms. The molecule has 0 saturated heterocycles. The van der Waals surface area contributed by atoms with Crippen LogP contribution in [0.1, 0.15) is 22.8 Å². The maximum atomic E-state index is 12.1. The van der Waals surface area contributed by atoms with Gasteiger partial charge in [-0.3, -0.25) is 4.79 Å². The monoisotopic (exact) mass is 377 g/mol. The van der Waals surface area contributed by atoms with Crippen LogP contribution in [0.25, 0.3) is 0 Å². The summed E-state index contributed by atoms with van der Waals surface area (Å²) in [7, 11) is 0. The largest absolute Gasteiger partial charge is 0.359 e. The summed E-state index contributed by atoms with van der Waals surface area (Å²) in [5.41, 5.74) is 3.67. The predicted molar refractivity (Wildman–Crippen MR) is 92.0 cm³/mol. The van der Waals surface area contributed by atoms with Gasteiger partial charge in [0.2, 0.25) is 0 Å². The molecule has 0 unspecified atom stereocenters. The lowest BCUT2D eigenvalue weighted by molar-refractivity contribution is 0.104. The van der Waals surface area contributed by atoms with Gasteiger partial charge in [0, 0.05) is 26.6 Å². The van der Waals surface area contributed by atoms with E-state index in [1.807, 2.05) is 62.4 Å². The van der Waals surface area contributed by atoms with Crippen LogP contribution in [0.5, 0.6) is 0 Å². The minimum absolute atomic E-state index is 0.0144. The summed E-state index contributed by atoms with van der Waals surface area (Å²) in [6, 6.07) is 15.6. The molecule has 0 aliphatic carbocycles. The van der Waals surface area contributed by atoms with Crippen LogP contribution in [0.15, 0.2) is 60.3 Å². The molecular formula is C17H16INO. The fraction of sp³-hybridized carbons (Fsp3) is 0.118. The van der Waals surface area contributed by atoms with Crippen molar-refractivity contribution < 1.29 is 4.79 Å². The molecule has 0 saturated carbocycles. The molecule has 1 N–H and O–H groups in total. The Hall–Kier alpha value is -1.62. The van der Waals surface area contributed by atoms with Crippen molar-refractivity contribution in [3.8, 4) is 0 Å². The van der Waals surface area contributed by atoms with E-state index in [0.29, 0.717) is 5.56 Å². The molecule has 0 radical (unpaired) electrons. The van der Waals surface area contributed by atoms with Crippen LogP contribution in [-0.4, -0.2) is 5.78 Å². The molecule has 0 amide bonds. The highest BCUT2D eigenvalue weighted by molar-refractivity contribution is 14.1. The van der Waals surface area contributed by atoms with Crippen molar-refractivity contribution in [2.75, 3.05) is 5.32 Å². The van der Waals surface area contributed by atoms with Gasteiger partial charge >= 0.3 is 0 Å². The van der Waals surface area contributed by atoms with E-state index in [4.69, 9.17) is 0 Å². The quantitative estimate of drug-likeness (QED) is 0.471. The lowest BCUT2D eigenvalue weighted by atomic mass is 10.1. The first kappa shape index (κ1) is 14.8. The summed E-state index contributed by atoms with van der Waals surface area (Å²) in [4.78, 5) is 12.1. The number of allylic oxidation sites excluding steroid dienone is 2. The summed E-state index contributed by atoms with van der Waals surface area (Å²) >= 11 is 2.26. The molecule has 0 aromatic heterocycles. The van der Waals surface area contributed by atoms with Gasteiger partial charge in [-0.1, -0.05) is 29.8 Å². The molecule has 0 fully saturated rings. The number of halogens is 1. The van der Waals surface area contributed by atoms with Gasteiger partial charge in [-0.25, -0.2) is 0 Å². The fourth-order valence-electron chi connectivity index (χ4n) is 1.79. The van der Waals surface area contributed by atoms with E-state index in [1.165, 1.54) is 3.57 Å². The van der Waals surface area contributed by atoms with E-state index in [1.54, 1.807) is 6.08 Å². The Morgan fingerprint density at radius 2 is 1.65 bits per heavy atom. The molecule has 20 heavy (non-hydrogen) atoms. The summed E-state index contributed by atoms with van der Waals surface area (Å²) in [5, 5.41) is 3.22. The highest BCUT2D eigenvalue weighted by atomic mass is 127. The number of ketones is 1. The second kappa shape index (κ2) is 6.70. The van der Waals surface area contributed by atoms with Crippen molar-refractivity contribution >= 4 is 34.1 Å². The average Bonchev–Trinajstić information content (AvgIpc) is 2.42. The van der Waals surface area contributed by atoms with Crippen LogP contribution in [0.4, 0.5) is 5.69 Å². The third-order valence-corrected chi connectivity index (χ3v) is 3.59. The van der Waals surface area contributed by atoms with Gasteiger partial charge in [-0.05, 0) is 60.7 Å². The molecule has 0 aliphatic heterocycles. The summed E-state index contributed by atoms with van der Waals surface area (Å²) in [5.74, 6) is 0.0144. The van der Waals surface area contributed by atoms with E-state index in [2.05, 4.69) is 27.9 Å². The van der Waals surface area contributed by atoms with E-state index < -0.39 is 0 Å². The number of hydrogen-bond donors (Lipinski definition) is 1. The maximum absolute atomic E-state index is 12.1. The lowest BCUT2D eigenvalue weighted by Crippen LogP contribution is -2.01. The van der Waals surface area contributed by atoms with Gasteiger partial charge in [0.05, 0.1) is 0 Å². The highest BCUT2D eigenvalue weighted by Gasteiger charge is 2.03. The number of nitrogens with one attached hydrogen (secondary N) is 1. The van der Waals surface area contributed by atoms with Gasteiger partial charge in [0.15, 0.2) is 5.78 Å². The van der Waals surface area contributed by atoms with Gasteiger partial charge in [-0.15, -0.1) is 0 Å². The summed E-state index contributed by atoms with van der Waals surface area (Å²) < 4.78 is 1.19. The second-order valence-electron chi connectivity index (χ2n) is 4.69. The molecule has 2 aromatic rings. The number of benzene rings is 2. The van der Waals surface area contributed by atoms with Crippen molar-refractivity contribution in [3.05, 3.63) is 75.0 Å². The van der Waals surface area contributed by atoms with Crippen molar-refractivity contribution in [2.24, 2.45) is 0 Å². The van der Waals surface area contributed by atoms with Crippen LogP contribution < -0.4 is 5.32 Å². The number of rotatable bonds is 4. The highest BCUT2D eigenvalue weighted by Crippen LogP contribution is 2.14. The van der Waals surface area contributed by atoms with Crippen LogP contribution in [0.3, 0.4) is 0 Å². The zero-order chi connectivity index (χ0) is 14.5. The maximum Gasteiger partial charge on any atom is 0.187 e. The first-order valence-electron chi connectivity index (χ1n) is 6.36. The molecular weight excluding hydrogens is 361 g/mol. The first-order valence-corrected chi connectivity index (χ1v) is 7.44. The number of anilines is 1. The Morgan fingerprint density at radius 1 is 1.05 bits per heavy atom. The van der Waals surface area contributed by atoms with Crippen LogP contribution in [0.2, 0.25) is 0 Å². The Kier molecular flexibility index (Phi) is 4.95. The van der Waals surface area contributed by atoms with E-state index in [-0.39, 0.29) is 5.78 Å². The molecule has 0 bridgehead atoms. The topological polar surface area (TPSA) is 29.1 Å². The third-order valence-electron chi connectivity index (χ3n) is 2.87. The van der Waals surface area contributed by atoms with Crippen LogP contribution in [-0.2, 0) is 0 Å². The SMILES string of the molecule is C/C(=C\C(=O)c1ccc(C)cc1)Nc1ccc(I)cc1. The van der Waals surface area contributed by atoms with Crippen molar-refractivity contribution in [2.45, 2.75) is 13.8 Å². The van der Waals surface area contributed by atoms with Crippen molar-refractivity contribution in [1.29, 1.82) is 0 Å². The van der Waals surface area contributed by atoms with Gasteiger partial charge in [0.25, 0.3) is 0 Å². The standard InChI is InChI=1S/C17H16INO/c1-12-3-5-14(6-4-12)17(20)11-13(2)19-16-9-7-15(18)8-10-16/h3-11,19H,1-2H3/b13-11+. The predicted octanol–water partition coefficient (Wildman–Crippen LogP) is 4.80. The molecule has 3 heteroatoms. The first-order chi connectivity index (χ1) is 9.54. The number of aryl methyl sites for hydroxylation is 1. The number of hydrogen-bond acceptors (Lipinski definition) is 2. The van der Waals surface area contributed by atoms with Crippen LogP contribution in [0, 0.1) is 10.5 Å². The summed E-state index contributed by atoms with van der Waals surface area (Å²) in [6.45, 7) is 3.90. The normalized spacial score (nSPS) is 11.2. The molecule has 2 rings (SSSR count). The molecule has 0 atom stereocenters. The lowest BCUT2D eigenvalue weighted by Gasteiger charge is -2.06. The van der Waals surface area contributed by atoms with Gasteiger partial charge in [-0.2, -0.15) is 0 Å². The van der Waals surface area contributed by atoms with Gasteiger partial charge < -0.3 is 5.32 Å².